The highest BCUT2D eigenvalue weighted by molar-refractivity contribution is 6.28. The first-order valence-electron chi connectivity index (χ1n) is 8.50. The fourth-order valence-electron chi connectivity index (χ4n) is 2.58. The number of aromatic nitrogens is 4. The van der Waals surface area contributed by atoms with E-state index in [0.717, 1.165) is 23.9 Å². The number of amides is 2. The van der Waals surface area contributed by atoms with E-state index in [9.17, 15) is 22.8 Å². The van der Waals surface area contributed by atoms with E-state index in [4.69, 9.17) is 5.73 Å². The quantitative estimate of drug-likeness (QED) is 0.490. The van der Waals surface area contributed by atoms with Gasteiger partial charge in [0.15, 0.2) is 11.6 Å². The third-order valence-corrected chi connectivity index (χ3v) is 4.04. The Labute approximate surface area is 168 Å². The highest BCUT2D eigenvalue weighted by Gasteiger charge is 2.31. The molecule has 2 aromatic carbocycles. The summed E-state index contributed by atoms with van der Waals surface area (Å²) in [5.74, 6) is -0.923. The molecule has 30 heavy (non-hydrogen) atoms. The first kappa shape index (κ1) is 20.7. The molecule has 1 aromatic heterocycles. The van der Waals surface area contributed by atoms with Gasteiger partial charge in [0.2, 0.25) is 0 Å². The molecule has 0 fully saturated rings. The summed E-state index contributed by atoms with van der Waals surface area (Å²) in [7, 11) is 0. The van der Waals surface area contributed by atoms with Crippen molar-refractivity contribution in [3.8, 4) is 5.69 Å². The van der Waals surface area contributed by atoms with Crippen LogP contribution in [0.4, 0.5) is 18.0 Å². The predicted molar refractivity (Wildman–Crippen MR) is 100 cm³/mol. The van der Waals surface area contributed by atoms with Crippen LogP contribution in [0.2, 0.25) is 0 Å². The van der Waals surface area contributed by atoms with Gasteiger partial charge in [0.05, 0.1) is 16.8 Å². The zero-order chi connectivity index (χ0) is 21.9. The van der Waals surface area contributed by atoms with Crippen molar-refractivity contribution >= 4 is 17.4 Å². The number of allylic oxidation sites excluding steroid dienone is 1. The minimum Gasteiger partial charge on any atom is -0.351 e. The van der Waals surface area contributed by atoms with Crippen molar-refractivity contribution in [2.45, 2.75) is 13.1 Å². The fourth-order valence-corrected chi connectivity index (χ4v) is 2.58. The lowest BCUT2D eigenvalue weighted by molar-refractivity contribution is -0.137. The van der Waals surface area contributed by atoms with Crippen LogP contribution in [0.1, 0.15) is 27.3 Å². The minimum atomic E-state index is -4.63. The van der Waals surface area contributed by atoms with Crippen molar-refractivity contribution in [1.82, 2.24) is 25.5 Å². The molecule has 3 N–H and O–H groups in total. The lowest BCUT2D eigenvalue weighted by Crippen LogP contribution is -2.25. The predicted octanol–water partition coefficient (Wildman–Crippen LogP) is 2.88. The summed E-state index contributed by atoms with van der Waals surface area (Å²) in [5, 5.41) is 13.3. The molecule has 0 radical (unpaired) electrons. The van der Waals surface area contributed by atoms with Gasteiger partial charge in [0.1, 0.15) is 0 Å². The number of ketones is 1. The molecule has 154 valence electrons. The molecule has 0 aliphatic heterocycles. The third kappa shape index (κ3) is 4.51. The van der Waals surface area contributed by atoms with E-state index in [1.54, 1.807) is 24.3 Å². The Morgan fingerprint density at radius 3 is 2.47 bits per heavy atom. The number of carbonyl (C=O) groups excluding carboxylic acids is 2. The summed E-state index contributed by atoms with van der Waals surface area (Å²) in [6.45, 7) is 1.88. The molecular formula is C19H15F3N6O2. The number of nitrogens with two attached hydrogens (primary N) is 1. The standard InChI is InChI=1S/C19H15F3N6O2/c1-11-5-7-14(8-6-11)28-17(25-26-27-28)15(10-24-18(23)30)16(29)12-3-2-4-13(9-12)19(20,21)22/h2-10H,1H3,(H3,23,24,30). The molecule has 0 bridgehead atoms. The number of benzene rings is 2. The number of primary amides is 1. The van der Waals surface area contributed by atoms with Gasteiger partial charge in [-0.3, -0.25) is 4.79 Å². The Kier molecular flexibility index (Phi) is 5.63. The van der Waals surface area contributed by atoms with Crippen molar-refractivity contribution in [1.29, 1.82) is 0 Å². The van der Waals surface area contributed by atoms with E-state index in [0.29, 0.717) is 11.8 Å². The smallest absolute Gasteiger partial charge is 0.351 e. The first-order valence-corrected chi connectivity index (χ1v) is 8.50. The molecule has 2 amide bonds. The second kappa shape index (κ2) is 8.15. The molecule has 0 saturated heterocycles. The normalized spacial score (nSPS) is 11.9. The molecule has 8 nitrogen and oxygen atoms in total. The Morgan fingerprint density at radius 2 is 1.83 bits per heavy atom. The highest BCUT2D eigenvalue weighted by atomic mass is 19.4. The van der Waals surface area contributed by atoms with Gasteiger partial charge < -0.3 is 11.1 Å². The van der Waals surface area contributed by atoms with E-state index in [1.165, 1.54) is 10.7 Å². The number of aryl methyl sites for hydroxylation is 1. The Morgan fingerprint density at radius 1 is 1.13 bits per heavy atom. The molecule has 1 heterocycles. The maximum atomic E-state index is 13.0. The van der Waals surface area contributed by atoms with Gasteiger partial charge in [0, 0.05) is 11.8 Å². The summed E-state index contributed by atoms with van der Waals surface area (Å²) >= 11 is 0. The summed E-state index contributed by atoms with van der Waals surface area (Å²) in [6.07, 6.45) is -3.67. The minimum absolute atomic E-state index is 0.0879. The molecular weight excluding hydrogens is 401 g/mol. The zero-order valence-electron chi connectivity index (χ0n) is 15.5. The van der Waals surface area contributed by atoms with Crippen molar-refractivity contribution in [3.05, 3.63) is 77.2 Å². The number of rotatable bonds is 5. The number of hydrogen-bond donors (Lipinski definition) is 2. The second-order valence-corrected chi connectivity index (χ2v) is 6.22. The Bertz CT molecular complexity index is 1120. The lowest BCUT2D eigenvalue weighted by atomic mass is 10.0. The van der Waals surface area contributed by atoms with Crippen molar-refractivity contribution in [2.24, 2.45) is 5.73 Å². The lowest BCUT2D eigenvalue weighted by Gasteiger charge is -2.11. The Hall–Kier alpha value is -4.02. The summed E-state index contributed by atoms with van der Waals surface area (Å²) in [5.41, 5.74) is 5.03. The van der Waals surface area contributed by atoms with Crippen molar-refractivity contribution in [2.75, 3.05) is 0 Å². The topological polar surface area (TPSA) is 116 Å². The van der Waals surface area contributed by atoms with Gasteiger partial charge >= 0.3 is 12.2 Å². The maximum Gasteiger partial charge on any atom is 0.416 e. The molecule has 0 spiro atoms. The molecule has 0 unspecified atom stereocenters. The SMILES string of the molecule is Cc1ccc(-n2nnnc2C(=CNC(N)=O)C(=O)c2cccc(C(F)(F)F)c2)cc1. The summed E-state index contributed by atoms with van der Waals surface area (Å²) < 4.78 is 40.3. The number of nitrogens with zero attached hydrogens (tertiary/aromatic N) is 4. The van der Waals surface area contributed by atoms with Gasteiger partial charge in [0.25, 0.3) is 0 Å². The Balaban J connectivity index is 2.09. The van der Waals surface area contributed by atoms with Crippen LogP contribution in [-0.2, 0) is 6.18 Å². The van der Waals surface area contributed by atoms with E-state index in [1.807, 2.05) is 6.92 Å². The van der Waals surface area contributed by atoms with Crippen LogP contribution in [0.25, 0.3) is 11.3 Å². The van der Waals surface area contributed by atoms with Crippen molar-refractivity contribution < 1.29 is 22.8 Å². The second-order valence-electron chi connectivity index (χ2n) is 6.22. The largest absolute Gasteiger partial charge is 0.416 e. The van der Waals surface area contributed by atoms with E-state index >= 15 is 0 Å². The number of carbonyl (C=O) groups is 2. The molecule has 0 aliphatic rings. The average Bonchev–Trinajstić information content (AvgIpc) is 3.17. The van der Waals surface area contributed by atoms with Gasteiger partial charge in [-0.25, -0.2) is 4.79 Å². The molecule has 11 heteroatoms. The van der Waals surface area contributed by atoms with Crippen LogP contribution in [0, 0.1) is 6.92 Å². The van der Waals surface area contributed by atoms with Gasteiger partial charge in [-0.1, -0.05) is 29.8 Å². The van der Waals surface area contributed by atoms with Crippen LogP contribution < -0.4 is 11.1 Å². The first-order chi connectivity index (χ1) is 14.2. The third-order valence-electron chi connectivity index (χ3n) is 4.04. The fraction of sp³-hybridized carbons (Fsp3) is 0.105. The number of nitrogens with one attached hydrogen (secondary N) is 1. The molecule has 0 aliphatic carbocycles. The number of tetrazole rings is 1. The van der Waals surface area contributed by atoms with E-state index in [2.05, 4.69) is 20.8 Å². The van der Waals surface area contributed by atoms with Crippen molar-refractivity contribution in [3.63, 3.8) is 0 Å². The van der Waals surface area contributed by atoms with Gasteiger partial charge in [-0.2, -0.15) is 17.9 Å². The van der Waals surface area contributed by atoms with Gasteiger partial charge in [-0.05, 0) is 41.6 Å². The van der Waals surface area contributed by atoms with Gasteiger partial charge in [-0.15, -0.1) is 5.10 Å². The summed E-state index contributed by atoms with van der Waals surface area (Å²) in [4.78, 5) is 24.2. The van der Waals surface area contributed by atoms with Crippen LogP contribution in [0.5, 0.6) is 0 Å². The molecule has 3 aromatic rings. The molecule has 3 rings (SSSR count). The van der Waals surface area contributed by atoms with Crippen LogP contribution in [0.3, 0.4) is 0 Å². The monoisotopic (exact) mass is 416 g/mol. The van der Waals surface area contributed by atoms with Crippen LogP contribution >= 0.6 is 0 Å². The van der Waals surface area contributed by atoms with E-state index in [-0.39, 0.29) is 17.0 Å². The maximum absolute atomic E-state index is 13.0. The number of hydrogen-bond acceptors (Lipinski definition) is 5. The van der Waals surface area contributed by atoms with Crippen LogP contribution in [0.15, 0.2) is 54.7 Å². The summed E-state index contributed by atoms with van der Waals surface area (Å²) in [6, 6.07) is 9.89. The number of urea groups is 1. The number of alkyl halides is 3. The zero-order valence-corrected chi connectivity index (χ0v) is 15.5. The number of Topliss-reactive ketones (excluding diaryl/α,β-unsaturated/α-hetero) is 1. The van der Waals surface area contributed by atoms with E-state index < -0.39 is 23.6 Å². The van der Waals surface area contributed by atoms with Crippen LogP contribution in [-0.4, -0.2) is 32.0 Å². The number of halogens is 3. The highest BCUT2D eigenvalue weighted by Crippen LogP contribution is 2.30. The molecule has 0 saturated carbocycles. The average molecular weight is 416 g/mol. The molecule has 0 atom stereocenters.